The molecule has 110 valence electrons. The number of hydrogen-bond donors (Lipinski definition) is 2. The Balaban J connectivity index is 3.11. The number of carboxylic acid groups (broad SMARTS) is 1. The van der Waals surface area contributed by atoms with Gasteiger partial charge in [0, 0.05) is 12.1 Å². The summed E-state index contributed by atoms with van der Waals surface area (Å²) in [5, 5.41) is 11.1. The van der Waals surface area contributed by atoms with Crippen molar-refractivity contribution in [1.29, 1.82) is 0 Å². The number of carboxylic acids is 1. The first-order valence-corrected chi connectivity index (χ1v) is 5.72. The van der Waals surface area contributed by atoms with Crippen molar-refractivity contribution in [3.63, 3.8) is 0 Å². The van der Waals surface area contributed by atoms with Gasteiger partial charge in [0.1, 0.15) is 29.1 Å². The summed E-state index contributed by atoms with van der Waals surface area (Å²) in [6, 6.07) is -0.644. The van der Waals surface area contributed by atoms with Gasteiger partial charge in [-0.3, -0.25) is 4.79 Å². The highest BCUT2D eigenvalue weighted by Crippen LogP contribution is 2.21. The number of benzene rings is 1. The number of aliphatic carboxylic acids is 1. The lowest BCUT2D eigenvalue weighted by molar-refractivity contribution is -0.142. The lowest BCUT2D eigenvalue weighted by atomic mass is 9.86. The van der Waals surface area contributed by atoms with Crippen LogP contribution in [0.3, 0.4) is 0 Å². The van der Waals surface area contributed by atoms with E-state index in [-0.39, 0.29) is 0 Å². The third-order valence-corrected chi connectivity index (χ3v) is 2.62. The van der Waals surface area contributed by atoms with Crippen LogP contribution in [0.15, 0.2) is 12.1 Å². The van der Waals surface area contributed by atoms with Crippen LogP contribution in [0.1, 0.15) is 31.1 Å². The molecule has 1 amide bonds. The molecule has 4 nitrogen and oxygen atoms in total. The second kappa shape index (κ2) is 5.52. The van der Waals surface area contributed by atoms with E-state index in [9.17, 15) is 22.8 Å². The summed E-state index contributed by atoms with van der Waals surface area (Å²) in [7, 11) is 0. The summed E-state index contributed by atoms with van der Waals surface area (Å²) >= 11 is 0. The molecule has 0 saturated heterocycles. The first-order valence-electron chi connectivity index (χ1n) is 5.72. The average Bonchev–Trinajstić information content (AvgIpc) is 2.22. The predicted octanol–water partition coefficient (Wildman–Crippen LogP) is 2.33. The highest BCUT2D eigenvalue weighted by Gasteiger charge is 2.34. The molecule has 0 aliphatic carbocycles. The molecule has 1 rings (SSSR count). The SMILES string of the molecule is CC(C)(C)[C@H](NC(=O)c1c(F)cc(F)cc1F)C(=O)O. The number of amides is 1. The molecule has 0 aliphatic rings. The van der Waals surface area contributed by atoms with Gasteiger partial charge in [0.05, 0.1) is 0 Å². The van der Waals surface area contributed by atoms with Crippen LogP contribution >= 0.6 is 0 Å². The summed E-state index contributed by atoms with van der Waals surface area (Å²) in [6.07, 6.45) is 0. The van der Waals surface area contributed by atoms with Gasteiger partial charge in [0.2, 0.25) is 0 Å². The molecule has 0 aromatic heterocycles. The van der Waals surface area contributed by atoms with Crippen molar-refractivity contribution in [1.82, 2.24) is 5.32 Å². The molecule has 0 heterocycles. The maximum atomic E-state index is 13.4. The lowest BCUT2D eigenvalue weighted by Gasteiger charge is -2.27. The van der Waals surface area contributed by atoms with Crippen molar-refractivity contribution in [3.8, 4) is 0 Å². The fraction of sp³-hybridized carbons (Fsp3) is 0.385. The molecule has 0 bridgehead atoms. The molecule has 0 spiro atoms. The third kappa shape index (κ3) is 3.49. The number of carbonyl (C=O) groups excluding carboxylic acids is 1. The summed E-state index contributed by atoms with van der Waals surface area (Å²) in [6.45, 7) is 4.64. The van der Waals surface area contributed by atoms with E-state index in [1.54, 1.807) is 20.8 Å². The topological polar surface area (TPSA) is 66.4 Å². The first-order chi connectivity index (χ1) is 9.04. The average molecular weight is 289 g/mol. The van der Waals surface area contributed by atoms with Gasteiger partial charge < -0.3 is 10.4 Å². The zero-order valence-corrected chi connectivity index (χ0v) is 11.1. The van der Waals surface area contributed by atoms with Crippen LogP contribution < -0.4 is 5.32 Å². The van der Waals surface area contributed by atoms with Crippen molar-refractivity contribution >= 4 is 11.9 Å². The van der Waals surface area contributed by atoms with Gasteiger partial charge in [-0.1, -0.05) is 20.8 Å². The van der Waals surface area contributed by atoms with Crippen molar-refractivity contribution < 1.29 is 27.9 Å². The molecule has 0 aliphatic heterocycles. The van der Waals surface area contributed by atoms with Gasteiger partial charge in [-0.05, 0) is 5.41 Å². The minimum Gasteiger partial charge on any atom is -0.480 e. The van der Waals surface area contributed by atoms with E-state index in [2.05, 4.69) is 0 Å². The number of carbonyl (C=O) groups is 2. The first kappa shape index (κ1) is 16.0. The van der Waals surface area contributed by atoms with Crippen LogP contribution in [0, 0.1) is 22.9 Å². The molecule has 0 saturated carbocycles. The normalized spacial score (nSPS) is 12.9. The highest BCUT2D eigenvalue weighted by atomic mass is 19.1. The van der Waals surface area contributed by atoms with E-state index in [1.165, 1.54) is 0 Å². The Morgan fingerprint density at radius 2 is 1.60 bits per heavy atom. The fourth-order valence-electron chi connectivity index (χ4n) is 1.61. The van der Waals surface area contributed by atoms with Crippen molar-refractivity contribution in [2.45, 2.75) is 26.8 Å². The molecule has 0 fully saturated rings. The van der Waals surface area contributed by atoms with E-state index in [0.717, 1.165) is 0 Å². The molecule has 0 unspecified atom stereocenters. The van der Waals surface area contributed by atoms with Gasteiger partial charge in [0.25, 0.3) is 5.91 Å². The predicted molar refractivity (Wildman–Crippen MR) is 64.7 cm³/mol. The Kier molecular flexibility index (Phi) is 4.42. The molecule has 20 heavy (non-hydrogen) atoms. The Morgan fingerprint density at radius 3 is 1.95 bits per heavy atom. The van der Waals surface area contributed by atoms with Crippen LogP contribution in [-0.4, -0.2) is 23.0 Å². The van der Waals surface area contributed by atoms with Gasteiger partial charge in [-0.25, -0.2) is 18.0 Å². The Morgan fingerprint density at radius 1 is 1.15 bits per heavy atom. The number of rotatable bonds is 3. The van der Waals surface area contributed by atoms with Crippen LogP contribution in [0.4, 0.5) is 13.2 Å². The van der Waals surface area contributed by atoms with E-state index in [4.69, 9.17) is 5.11 Å². The van der Waals surface area contributed by atoms with E-state index in [1.807, 2.05) is 5.32 Å². The van der Waals surface area contributed by atoms with E-state index < -0.39 is 46.3 Å². The van der Waals surface area contributed by atoms with Crippen molar-refractivity contribution in [2.24, 2.45) is 5.41 Å². The summed E-state index contributed by atoms with van der Waals surface area (Å²) in [5.74, 6) is -6.53. The third-order valence-electron chi connectivity index (χ3n) is 2.62. The molecule has 7 heteroatoms. The second-order valence-electron chi connectivity index (χ2n) is 5.36. The quantitative estimate of drug-likeness (QED) is 0.897. The zero-order valence-electron chi connectivity index (χ0n) is 11.1. The maximum Gasteiger partial charge on any atom is 0.326 e. The minimum absolute atomic E-state index is 0.352. The molecule has 1 atom stereocenters. The summed E-state index contributed by atoms with van der Waals surface area (Å²) < 4.78 is 39.6. The van der Waals surface area contributed by atoms with Gasteiger partial charge in [0.15, 0.2) is 0 Å². The minimum atomic E-state index is -1.39. The second-order valence-corrected chi connectivity index (χ2v) is 5.36. The number of halogens is 3. The Bertz CT molecular complexity index is 529. The molecule has 1 aromatic rings. The largest absolute Gasteiger partial charge is 0.480 e. The zero-order chi connectivity index (χ0) is 15.7. The standard InChI is InChI=1S/C13H14F3NO3/c1-13(2,3)10(12(19)20)17-11(18)9-7(15)4-6(14)5-8(9)16/h4-5,10H,1-3H3,(H,17,18)(H,19,20)/t10-/m1/s1. The highest BCUT2D eigenvalue weighted by molar-refractivity contribution is 5.97. The Labute approximate surface area is 113 Å². The molecular weight excluding hydrogens is 275 g/mol. The fourth-order valence-corrected chi connectivity index (χ4v) is 1.61. The van der Waals surface area contributed by atoms with Gasteiger partial charge in [-0.2, -0.15) is 0 Å². The van der Waals surface area contributed by atoms with Crippen molar-refractivity contribution in [2.75, 3.05) is 0 Å². The monoisotopic (exact) mass is 289 g/mol. The lowest BCUT2D eigenvalue weighted by Crippen LogP contribution is -2.49. The van der Waals surface area contributed by atoms with E-state index >= 15 is 0 Å². The molecule has 0 radical (unpaired) electrons. The Hall–Kier alpha value is -2.05. The maximum absolute atomic E-state index is 13.4. The van der Waals surface area contributed by atoms with Crippen LogP contribution in [0.5, 0.6) is 0 Å². The van der Waals surface area contributed by atoms with Crippen molar-refractivity contribution in [3.05, 3.63) is 35.1 Å². The van der Waals surface area contributed by atoms with Crippen LogP contribution in [-0.2, 0) is 4.79 Å². The van der Waals surface area contributed by atoms with Gasteiger partial charge >= 0.3 is 5.97 Å². The van der Waals surface area contributed by atoms with Crippen LogP contribution in [0.25, 0.3) is 0 Å². The number of nitrogens with one attached hydrogen (secondary N) is 1. The van der Waals surface area contributed by atoms with Gasteiger partial charge in [-0.15, -0.1) is 0 Å². The molecule has 2 N–H and O–H groups in total. The van der Waals surface area contributed by atoms with E-state index in [0.29, 0.717) is 12.1 Å². The summed E-state index contributed by atoms with van der Waals surface area (Å²) in [4.78, 5) is 22.9. The molecular formula is C13H14F3NO3. The number of hydrogen-bond acceptors (Lipinski definition) is 2. The van der Waals surface area contributed by atoms with Crippen LogP contribution in [0.2, 0.25) is 0 Å². The summed E-state index contributed by atoms with van der Waals surface area (Å²) in [5.41, 5.74) is -1.88. The smallest absolute Gasteiger partial charge is 0.326 e. The molecule has 1 aromatic carbocycles.